The first-order valence-electron chi connectivity index (χ1n) is 4.33. The van der Waals surface area contributed by atoms with E-state index in [4.69, 9.17) is 0 Å². The van der Waals surface area contributed by atoms with Crippen molar-refractivity contribution in [3.63, 3.8) is 0 Å². The van der Waals surface area contributed by atoms with E-state index in [0.29, 0.717) is 11.4 Å². The Balaban J connectivity index is 2.64. The number of hydrogen-bond donors (Lipinski definition) is 2. The summed E-state index contributed by atoms with van der Waals surface area (Å²) >= 11 is 0. The third-order valence-electron chi connectivity index (χ3n) is 1.93. The third kappa shape index (κ3) is 2.27. The number of H-pyrrole nitrogens is 1. The summed E-state index contributed by atoms with van der Waals surface area (Å²) < 4.78 is 0. The molecule has 1 unspecified atom stereocenters. The molecule has 1 amide bonds. The topological polar surface area (TPSA) is 70.7 Å². The fourth-order valence-electron chi connectivity index (χ4n) is 0.893. The molecule has 1 heterocycles. The zero-order chi connectivity index (χ0) is 9.84. The molecule has 0 aliphatic heterocycles. The Morgan fingerprint density at radius 1 is 1.62 bits per heavy atom. The molecule has 1 aromatic rings. The van der Waals surface area contributed by atoms with Crippen molar-refractivity contribution in [2.45, 2.75) is 33.2 Å². The van der Waals surface area contributed by atoms with Gasteiger partial charge in [0, 0.05) is 6.04 Å². The summed E-state index contributed by atoms with van der Waals surface area (Å²) in [6.07, 6.45) is 0.905. The van der Waals surface area contributed by atoms with Gasteiger partial charge in [-0.3, -0.25) is 4.79 Å². The van der Waals surface area contributed by atoms with Gasteiger partial charge in [0.2, 0.25) is 0 Å². The fraction of sp³-hybridized carbons (Fsp3) is 0.625. The molecule has 0 aromatic carbocycles. The van der Waals surface area contributed by atoms with Gasteiger partial charge in [0.15, 0.2) is 5.69 Å². The molecule has 5 heteroatoms. The van der Waals surface area contributed by atoms with E-state index in [-0.39, 0.29) is 11.9 Å². The summed E-state index contributed by atoms with van der Waals surface area (Å²) in [6, 6.07) is 0.170. The lowest BCUT2D eigenvalue weighted by atomic mass is 10.2. The molecule has 5 nitrogen and oxygen atoms in total. The third-order valence-corrected chi connectivity index (χ3v) is 1.93. The summed E-state index contributed by atoms with van der Waals surface area (Å²) in [5, 5.41) is 12.7. The zero-order valence-corrected chi connectivity index (χ0v) is 8.09. The molecule has 1 atom stereocenters. The Kier molecular flexibility index (Phi) is 3.00. The number of nitrogens with zero attached hydrogens (tertiary/aromatic N) is 2. The molecule has 72 valence electrons. The minimum Gasteiger partial charge on any atom is -0.348 e. The average Bonchev–Trinajstić information content (AvgIpc) is 2.51. The van der Waals surface area contributed by atoms with Crippen LogP contribution in [0.25, 0.3) is 0 Å². The van der Waals surface area contributed by atoms with Crippen LogP contribution in [-0.4, -0.2) is 27.4 Å². The van der Waals surface area contributed by atoms with Crippen LogP contribution in [0.1, 0.15) is 36.5 Å². The van der Waals surface area contributed by atoms with Gasteiger partial charge in [-0.1, -0.05) is 6.92 Å². The monoisotopic (exact) mass is 182 g/mol. The number of amides is 1. The Morgan fingerprint density at radius 3 is 2.77 bits per heavy atom. The zero-order valence-electron chi connectivity index (χ0n) is 8.09. The van der Waals surface area contributed by atoms with E-state index in [2.05, 4.69) is 20.7 Å². The van der Waals surface area contributed by atoms with Gasteiger partial charge < -0.3 is 5.32 Å². The van der Waals surface area contributed by atoms with Crippen LogP contribution >= 0.6 is 0 Å². The van der Waals surface area contributed by atoms with Crippen LogP contribution in [0, 0.1) is 6.92 Å². The lowest BCUT2D eigenvalue weighted by Crippen LogP contribution is -2.32. The number of aromatic amines is 1. The highest BCUT2D eigenvalue weighted by atomic mass is 16.2. The van der Waals surface area contributed by atoms with Gasteiger partial charge in [-0.15, -0.1) is 0 Å². The minimum absolute atomic E-state index is 0.166. The number of carbonyl (C=O) groups is 1. The van der Waals surface area contributed by atoms with Gasteiger partial charge in [-0.05, 0) is 20.3 Å². The largest absolute Gasteiger partial charge is 0.348 e. The molecule has 0 radical (unpaired) electrons. The Hall–Kier alpha value is -1.39. The Morgan fingerprint density at radius 2 is 2.31 bits per heavy atom. The summed E-state index contributed by atoms with van der Waals surface area (Å²) in [4.78, 5) is 11.5. The molecule has 0 fully saturated rings. The van der Waals surface area contributed by atoms with Crippen LogP contribution in [0.4, 0.5) is 0 Å². The van der Waals surface area contributed by atoms with Gasteiger partial charge in [-0.2, -0.15) is 15.4 Å². The molecular weight excluding hydrogens is 168 g/mol. The molecule has 0 saturated heterocycles. The lowest BCUT2D eigenvalue weighted by Gasteiger charge is -2.09. The van der Waals surface area contributed by atoms with Crippen molar-refractivity contribution in [3.05, 3.63) is 11.4 Å². The number of rotatable bonds is 3. The summed E-state index contributed by atoms with van der Waals surface area (Å²) in [6.45, 7) is 5.71. The van der Waals surface area contributed by atoms with E-state index >= 15 is 0 Å². The predicted molar refractivity (Wildman–Crippen MR) is 48.3 cm³/mol. The maximum absolute atomic E-state index is 11.5. The van der Waals surface area contributed by atoms with Crippen LogP contribution in [0.5, 0.6) is 0 Å². The second-order valence-corrected chi connectivity index (χ2v) is 3.04. The highest BCUT2D eigenvalue weighted by molar-refractivity contribution is 5.93. The van der Waals surface area contributed by atoms with E-state index in [9.17, 15) is 4.79 Å². The smallest absolute Gasteiger partial charge is 0.273 e. The molecule has 0 spiro atoms. The molecule has 0 aliphatic rings. The maximum atomic E-state index is 11.5. The Labute approximate surface area is 76.9 Å². The first-order valence-corrected chi connectivity index (χ1v) is 4.33. The summed E-state index contributed by atoms with van der Waals surface area (Å²) in [5.41, 5.74) is 1.00. The minimum atomic E-state index is -0.166. The lowest BCUT2D eigenvalue weighted by molar-refractivity contribution is 0.0933. The molecule has 13 heavy (non-hydrogen) atoms. The molecule has 0 bridgehead atoms. The molecule has 1 aromatic heterocycles. The number of aromatic nitrogens is 3. The summed E-state index contributed by atoms with van der Waals surface area (Å²) in [5.74, 6) is -0.166. The molecule has 1 rings (SSSR count). The second-order valence-electron chi connectivity index (χ2n) is 3.04. The van der Waals surface area contributed by atoms with Gasteiger partial charge >= 0.3 is 0 Å². The quantitative estimate of drug-likeness (QED) is 0.720. The maximum Gasteiger partial charge on any atom is 0.273 e. The SMILES string of the molecule is CCC(C)NC(=O)c1n[nH]nc1C. The van der Waals surface area contributed by atoms with Crippen LogP contribution < -0.4 is 5.32 Å². The number of nitrogens with one attached hydrogen (secondary N) is 2. The van der Waals surface area contributed by atoms with Crippen molar-refractivity contribution >= 4 is 5.91 Å². The van der Waals surface area contributed by atoms with Crippen molar-refractivity contribution in [1.29, 1.82) is 0 Å². The molecule has 0 saturated carbocycles. The Bertz CT molecular complexity index is 294. The van der Waals surface area contributed by atoms with Gasteiger partial charge in [0.05, 0.1) is 5.69 Å². The fourth-order valence-corrected chi connectivity index (χ4v) is 0.893. The van der Waals surface area contributed by atoms with Gasteiger partial charge in [-0.25, -0.2) is 0 Å². The summed E-state index contributed by atoms with van der Waals surface area (Å²) in [7, 11) is 0. The van der Waals surface area contributed by atoms with E-state index in [1.54, 1.807) is 6.92 Å². The van der Waals surface area contributed by atoms with Crippen LogP contribution in [0.15, 0.2) is 0 Å². The molecule has 2 N–H and O–H groups in total. The van der Waals surface area contributed by atoms with Crippen molar-refractivity contribution in [2.24, 2.45) is 0 Å². The number of aryl methyl sites for hydroxylation is 1. The van der Waals surface area contributed by atoms with Gasteiger partial charge in [0.25, 0.3) is 5.91 Å². The van der Waals surface area contributed by atoms with Crippen molar-refractivity contribution in [3.8, 4) is 0 Å². The van der Waals surface area contributed by atoms with Crippen molar-refractivity contribution < 1.29 is 4.79 Å². The first kappa shape index (κ1) is 9.70. The van der Waals surface area contributed by atoms with Gasteiger partial charge in [0.1, 0.15) is 0 Å². The van der Waals surface area contributed by atoms with E-state index < -0.39 is 0 Å². The van der Waals surface area contributed by atoms with E-state index in [1.165, 1.54) is 0 Å². The first-order chi connectivity index (χ1) is 6.15. The highest BCUT2D eigenvalue weighted by Crippen LogP contribution is 1.99. The normalized spacial score (nSPS) is 12.5. The standard InChI is InChI=1S/C8H14N4O/c1-4-5(2)9-8(13)7-6(3)10-12-11-7/h5H,4H2,1-3H3,(H,9,13)(H,10,11,12). The second kappa shape index (κ2) is 4.02. The number of hydrogen-bond acceptors (Lipinski definition) is 3. The number of carbonyl (C=O) groups excluding carboxylic acids is 1. The van der Waals surface area contributed by atoms with Crippen molar-refractivity contribution in [2.75, 3.05) is 0 Å². The van der Waals surface area contributed by atoms with Crippen molar-refractivity contribution in [1.82, 2.24) is 20.7 Å². The van der Waals surface area contributed by atoms with Crippen LogP contribution in [0.2, 0.25) is 0 Å². The molecular formula is C8H14N4O. The van der Waals surface area contributed by atoms with Crippen LogP contribution in [0.3, 0.4) is 0 Å². The predicted octanol–water partition coefficient (Wildman–Crippen LogP) is 0.641. The highest BCUT2D eigenvalue weighted by Gasteiger charge is 2.14. The van der Waals surface area contributed by atoms with E-state index in [1.807, 2.05) is 13.8 Å². The molecule has 0 aliphatic carbocycles. The van der Waals surface area contributed by atoms with E-state index in [0.717, 1.165) is 6.42 Å². The average molecular weight is 182 g/mol. The van der Waals surface area contributed by atoms with Crippen LogP contribution in [-0.2, 0) is 0 Å².